The number of H-pyrrole nitrogens is 1. The molecule has 0 bridgehead atoms. The van der Waals surface area contributed by atoms with Crippen LogP contribution in [-0.2, 0) is 0 Å². The lowest BCUT2D eigenvalue weighted by molar-refractivity contribution is 0.111. The summed E-state index contributed by atoms with van der Waals surface area (Å²) in [4.78, 5) is 17.0. The van der Waals surface area contributed by atoms with Gasteiger partial charge in [0.25, 0.3) is 5.56 Å². The summed E-state index contributed by atoms with van der Waals surface area (Å²) in [6, 6.07) is 4.69. The van der Waals surface area contributed by atoms with Crippen LogP contribution in [0.3, 0.4) is 0 Å². The van der Waals surface area contributed by atoms with Gasteiger partial charge in [-0.05, 0) is 39.3 Å². The summed E-state index contributed by atoms with van der Waals surface area (Å²) in [5, 5.41) is 0. The van der Waals surface area contributed by atoms with Crippen LogP contribution in [0.1, 0.15) is 44.7 Å². The lowest BCUT2D eigenvalue weighted by Gasteiger charge is -2.38. The fourth-order valence-corrected chi connectivity index (χ4v) is 2.60. The number of aromatic amines is 1. The summed E-state index contributed by atoms with van der Waals surface area (Å²) in [6.45, 7) is 5.52. The fourth-order valence-electron chi connectivity index (χ4n) is 2.60. The number of likely N-dealkylation sites (tertiary alicyclic amines) is 1. The first-order chi connectivity index (χ1) is 7.70. The molecule has 1 aromatic heterocycles. The number of aromatic nitrogens is 1. The van der Waals surface area contributed by atoms with Gasteiger partial charge in [-0.3, -0.25) is 9.69 Å². The summed E-state index contributed by atoms with van der Waals surface area (Å²) >= 11 is 0. The van der Waals surface area contributed by atoms with Crippen LogP contribution >= 0.6 is 0 Å². The van der Waals surface area contributed by atoms with Crippen LogP contribution in [0.25, 0.3) is 0 Å². The molecule has 16 heavy (non-hydrogen) atoms. The SMILES string of the molecule is CC(C)N1CCCC[C@H]1c1ccc[nH]c1=O. The van der Waals surface area contributed by atoms with E-state index in [1.165, 1.54) is 12.8 Å². The lowest BCUT2D eigenvalue weighted by atomic mass is 9.95. The summed E-state index contributed by atoms with van der Waals surface area (Å²) in [6.07, 6.45) is 5.28. The van der Waals surface area contributed by atoms with Crippen molar-refractivity contribution in [1.82, 2.24) is 9.88 Å². The van der Waals surface area contributed by atoms with Crippen molar-refractivity contribution in [2.24, 2.45) is 0 Å². The number of nitrogens with zero attached hydrogens (tertiary/aromatic N) is 1. The smallest absolute Gasteiger partial charge is 0.252 e. The van der Waals surface area contributed by atoms with E-state index < -0.39 is 0 Å². The maximum absolute atomic E-state index is 11.8. The van der Waals surface area contributed by atoms with E-state index in [2.05, 4.69) is 23.7 Å². The molecule has 0 radical (unpaired) electrons. The number of piperidine rings is 1. The van der Waals surface area contributed by atoms with Crippen molar-refractivity contribution >= 4 is 0 Å². The third-order valence-electron chi connectivity index (χ3n) is 3.42. The van der Waals surface area contributed by atoms with Gasteiger partial charge in [0.05, 0.1) is 0 Å². The van der Waals surface area contributed by atoms with Gasteiger partial charge in [0, 0.05) is 23.8 Å². The van der Waals surface area contributed by atoms with E-state index in [1.807, 2.05) is 12.1 Å². The molecule has 1 atom stereocenters. The van der Waals surface area contributed by atoms with Gasteiger partial charge in [-0.1, -0.05) is 12.5 Å². The first-order valence-corrected chi connectivity index (χ1v) is 6.13. The number of pyridine rings is 1. The van der Waals surface area contributed by atoms with E-state index >= 15 is 0 Å². The largest absolute Gasteiger partial charge is 0.329 e. The van der Waals surface area contributed by atoms with Gasteiger partial charge in [-0.15, -0.1) is 0 Å². The Morgan fingerprint density at radius 3 is 2.94 bits per heavy atom. The second-order valence-corrected chi connectivity index (χ2v) is 4.80. The van der Waals surface area contributed by atoms with Crippen LogP contribution in [0.5, 0.6) is 0 Å². The Kier molecular flexibility index (Phi) is 3.44. The average molecular weight is 220 g/mol. The Labute approximate surface area is 96.5 Å². The van der Waals surface area contributed by atoms with Gasteiger partial charge in [0.2, 0.25) is 0 Å². The Bertz CT molecular complexity index is 397. The van der Waals surface area contributed by atoms with E-state index in [0.29, 0.717) is 12.1 Å². The van der Waals surface area contributed by atoms with Crippen molar-refractivity contribution in [3.8, 4) is 0 Å². The quantitative estimate of drug-likeness (QED) is 0.830. The molecule has 1 saturated heterocycles. The monoisotopic (exact) mass is 220 g/mol. The number of hydrogen-bond donors (Lipinski definition) is 1. The van der Waals surface area contributed by atoms with Crippen molar-refractivity contribution in [2.75, 3.05) is 6.54 Å². The van der Waals surface area contributed by atoms with E-state index in [1.54, 1.807) is 6.20 Å². The molecule has 0 aliphatic carbocycles. The Hall–Kier alpha value is -1.09. The highest BCUT2D eigenvalue weighted by Gasteiger charge is 2.27. The normalized spacial score (nSPS) is 22.6. The van der Waals surface area contributed by atoms with Gasteiger partial charge < -0.3 is 4.98 Å². The topological polar surface area (TPSA) is 36.1 Å². The molecule has 1 aromatic rings. The van der Waals surface area contributed by atoms with Crippen LogP contribution < -0.4 is 5.56 Å². The predicted molar refractivity (Wildman–Crippen MR) is 65.5 cm³/mol. The molecule has 88 valence electrons. The lowest BCUT2D eigenvalue weighted by Crippen LogP contribution is -2.40. The maximum Gasteiger partial charge on any atom is 0.252 e. The molecule has 3 heteroatoms. The van der Waals surface area contributed by atoms with Gasteiger partial charge in [0.15, 0.2) is 0 Å². The summed E-state index contributed by atoms with van der Waals surface area (Å²) in [5.74, 6) is 0. The molecule has 0 saturated carbocycles. The van der Waals surface area contributed by atoms with Crippen LogP contribution in [-0.4, -0.2) is 22.5 Å². The van der Waals surface area contributed by atoms with Crippen LogP contribution in [0.4, 0.5) is 0 Å². The van der Waals surface area contributed by atoms with Gasteiger partial charge in [0.1, 0.15) is 0 Å². The molecular formula is C13H20N2O. The van der Waals surface area contributed by atoms with Crippen molar-refractivity contribution in [3.05, 3.63) is 34.2 Å². The molecule has 2 heterocycles. The zero-order valence-corrected chi connectivity index (χ0v) is 10.1. The molecular weight excluding hydrogens is 200 g/mol. The molecule has 0 spiro atoms. The second kappa shape index (κ2) is 4.83. The molecule has 1 aliphatic rings. The first kappa shape index (κ1) is 11.4. The minimum absolute atomic E-state index is 0.0695. The Morgan fingerprint density at radius 1 is 1.44 bits per heavy atom. The van der Waals surface area contributed by atoms with Crippen molar-refractivity contribution in [1.29, 1.82) is 0 Å². The number of hydrogen-bond acceptors (Lipinski definition) is 2. The Morgan fingerprint density at radius 2 is 2.25 bits per heavy atom. The van der Waals surface area contributed by atoms with Crippen LogP contribution in [0, 0.1) is 0 Å². The van der Waals surface area contributed by atoms with Gasteiger partial charge in [-0.25, -0.2) is 0 Å². The van der Waals surface area contributed by atoms with E-state index in [4.69, 9.17) is 0 Å². The van der Waals surface area contributed by atoms with E-state index in [-0.39, 0.29) is 5.56 Å². The third kappa shape index (κ3) is 2.19. The summed E-state index contributed by atoms with van der Waals surface area (Å²) in [5.41, 5.74) is 0.996. The highest BCUT2D eigenvalue weighted by atomic mass is 16.1. The Balaban J connectivity index is 2.30. The molecule has 0 amide bonds. The number of nitrogens with one attached hydrogen (secondary N) is 1. The van der Waals surface area contributed by atoms with Gasteiger partial charge >= 0.3 is 0 Å². The fraction of sp³-hybridized carbons (Fsp3) is 0.615. The molecule has 1 fully saturated rings. The summed E-state index contributed by atoms with van der Waals surface area (Å²) in [7, 11) is 0. The highest BCUT2D eigenvalue weighted by Crippen LogP contribution is 2.30. The molecule has 1 N–H and O–H groups in total. The summed E-state index contributed by atoms with van der Waals surface area (Å²) < 4.78 is 0. The maximum atomic E-state index is 11.8. The van der Waals surface area contributed by atoms with Crippen LogP contribution in [0.15, 0.2) is 23.1 Å². The highest BCUT2D eigenvalue weighted by molar-refractivity contribution is 5.15. The number of rotatable bonds is 2. The average Bonchev–Trinajstić information content (AvgIpc) is 2.29. The zero-order valence-electron chi connectivity index (χ0n) is 10.1. The van der Waals surface area contributed by atoms with Crippen LogP contribution in [0.2, 0.25) is 0 Å². The zero-order chi connectivity index (χ0) is 11.5. The molecule has 3 nitrogen and oxygen atoms in total. The minimum atomic E-state index is 0.0695. The third-order valence-corrected chi connectivity index (χ3v) is 3.42. The van der Waals surface area contributed by atoms with E-state index in [9.17, 15) is 4.79 Å². The second-order valence-electron chi connectivity index (χ2n) is 4.80. The molecule has 1 aliphatic heterocycles. The molecule has 2 rings (SSSR count). The first-order valence-electron chi connectivity index (χ1n) is 6.13. The predicted octanol–water partition coefficient (Wildman–Crippen LogP) is 2.31. The molecule has 0 unspecified atom stereocenters. The van der Waals surface area contributed by atoms with Crippen molar-refractivity contribution in [2.45, 2.75) is 45.2 Å². The molecule has 0 aromatic carbocycles. The standard InChI is InChI=1S/C13H20N2O/c1-10(2)15-9-4-3-7-12(15)11-6-5-8-14-13(11)16/h5-6,8,10,12H,3-4,7,9H2,1-2H3,(H,14,16)/t12-/m0/s1. The minimum Gasteiger partial charge on any atom is -0.329 e. The van der Waals surface area contributed by atoms with E-state index in [0.717, 1.165) is 18.5 Å². The van der Waals surface area contributed by atoms with Gasteiger partial charge in [-0.2, -0.15) is 0 Å². The van der Waals surface area contributed by atoms with Crippen molar-refractivity contribution < 1.29 is 0 Å². The van der Waals surface area contributed by atoms with Crippen molar-refractivity contribution in [3.63, 3.8) is 0 Å².